The van der Waals surface area contributed by atoms with Crippen molar-refractivity contribution in [3.8, 4) is 11.1 Å². The van der Waals surface area contributed by atoms with Gasteiger partial charge in [-0.15, -0.1) is 0 Å². The van der Waals surface area contributed by atoms with Crippen LogP contribution in [-0.2, 0) is 0 Å². The molecule has 0 aromatic heterocycles. The highest BCUT2D eigenvalue weighted by Gasteiger charge is 2.23. The van der Waals surface area contributed by atoms with E-state index in [0.717, 1.165) is 72.7 Å². The van der Waals surface area contributed by atoms with E-state index >= 15 is 0 Å². The Labute approximate surface area is 617 Å². The van der Waals surface area contributed by atoms with Crippen molar-refractivity contribution in [3.05, 3.63) is 393 Å². The highest BCUT2D eigenvalue weighted by molar-refractivity contribution is 9.11. The maximum atomic E-state index is 3.83. The number of fused-ring (bicyclic) bond motifs is 4. The van der Waals surface area contributed by atoms with Crippen molar-refractivity contribution in [1.29, 1.82) is 0 Å². The molecule has 6 heteroatoms. The zero-order valence-electron chi connectivity index (χ0n) is 58.9. The summed E-state index contributed by atoms with van der Waals surface area (Å²) >= 11 is 7.52. The standard InChI is InChI=1S/C48H40N2.C34H31BrN2.C14H9Br/c1-33-13-21-40(22-14-33)49(41-23-15-34(2)16-24-41)44-30-39(48-46-11-7-5-9-37(46)29-38-10-6-8-12-47(38)48)31-45(32-44)50(42-25-17-35(3)18-26-42)43-27-19-36(4)20-28-43;1-24-5-13-29(14-6-24)36(30-15-7-25(2)8-16-30)33-21-28(35)22-34(23-33)37(31-17-9-26(3)10-18-31)32-19-11-27(4)12-20-32;15-14-12-7-3-1-5-10(12)9-11-6-2-4-8-13(11)14/h5-32H,1-4H3;5-23H,1-4H3;1-9H. The minimum absolute atomic E-state index is 1.02. The van der Waals surface area contributed by atoms with Gasteiger partial charge < -0.3 is 19.6 Å². The second-order valence-electron chi connectivity index (χ2n) is 26.8. The Balaban J connectivity index is 0.000000147. The van der Waals surface area contributed by atoms with E-state index in [0.29, 0.717) is 0 Å². The van der Waals surface area contributed by atoms with E-state index in [1.54, 1.807) is 0 Å². The van der Waals surface area contributed by atoms with Gasteiger partial charge >= 0.3 is 0 Å². The maximum absolute atomic E-state index is 3.83. The van der Waals surface area contributed by atoms with E-state index < -0.39 is 0 Å². The summed E-state index contributed by atoms with van der Waals surface area (Å²) in [4.78, 5) is 9.41. The van der Waals surface area contributed by atoms with Crippen LogP contribution in [0.5, 0.6) is 0 Å². The Kier molecular flexibility index (Phi) is 20.2. The highest BCUT2D eigenvalue weighted by Crippen LogP contribution is 2.48. The Morgan fingerprint density at radius 2 is 0.382 bits per heavy atom. The molecule has 498 valence electrons. The van der Waals surface area contributed by atoms with E-state index in [4.69, 9.17) is 0 Å². The van der Waals surface area contributed by atoms with Crippen LogP contribution in [-0.4, -0.2) is 0 Å². The zero-order valence-corrected chi connectivity index (χ0v) is 62.0. The lowest BCUT2D eigenvalue weighted by atomic mass is 9.91. The molecule has 0 bridgehead atoms. The summed E-state index contributed by atoms with van der Waals surface area (Å²) in [5.74, 6) is 0. The number of nitrogens with zero attached hydrogens (tertiary/aromatic N) is 4. The molecule has 102 heavy (non-hydrogen) atoms. The van der Waals surface area contributed by atoms with E-state index in [-0.39, 0.29) is 0 Å². The van der Waals surface area contributed by atoms with Crippen molar-refractivity contribution < 1.29 is 0 Å². The minimum Gasteiger partial charge on any atom is -0.310 e. The smallest absolute Gasteiger partial charge is 0.0493 e. The maximum Gasteiger partial charge on any atom is 0.0493 e. The number of hydrogen-bond acceptors (Lipinski definition) is 4. The molecule has 0 radical (unpaired) electrons. The molecule has 0 aliphatic rings. The van der Waals surface area contributed by atoms with Crippen LogP contribution in [0.1, 0.15) is 44.5 Å². The normalized spacial score (nSPS) is 11.0. The van der Waals surface area contributed by atoms with Crippen molar-refractivity contribution >= 4 is 143 Å². The molecule has 0 heterocycles. The van der Waals surface area contributed by atoms with Crippen molar-refractivity contribution in [2.75, 3.05) is 19.6 Å². The van der Waals surface area contributed by atoms with Gasteiger partial charge in [0.25, 0.3) is 0 Å². The largest absolute Gasteiger partial charge is 0.310 e. The zero-order chi connectivity index (χ0) is 70.4. The lowest BCUT2D eigenvalue weighted by Gasteiger charge is -2.31. The second kappa shape index (κ2) is 30.3. The highest BCUT2D eigenvalue weighted by atomic mass is 79.9. The molecule has 0 aliphatic heterocycles. The first kappa shape index (κ1) is 67.9. The van der Waals surface area contributed by atoms with Gasteiger partial charge in [-0.3, -0.25) is 0 Å². The third kappa shape index (κ3) is 15.1. The van der Waals surface area contributed by atoms with E-state index in [1.807, 2.05) is 0 Å². The van der Waals surface area contributed by atoms with Crippen molar-refractivity contribution in [2.24, 2.45) is 0 Å². The van der Waals surface area contributed by atoms with Crippen LogP contribution in [0.3, 0.4) is 0 Å². The Hall–Kier alpha value is -11.3. The summed E-state index contributed by atoms with van der Waals surface area (Å²) in [6, 6.07) is 123. The first-order valence-electron chi connectivity index (χ1n) is 34.8. The van der Waals surface area contributed by atoms with Crippen molar-refractivity contribution in [3.63, 3.8) is 0 Å². The molecule has 0 saturated heterocycles. The fourth-order valence-electron chi connectivity index (χ4n) is 13.4. The fourth-order valence-corrected chi connectivity index (χ4v) is 14.6. The van der Waals surface area contributed by atoms with Crippen LogP contribution in [0.15, 0.2) is 349 Å². The average Bonchev–Trinajstić information content (AvgIpc) is 0.754. The lowest BCUT2D eigenvalue weighted by molar-refractivity contribution is 1.23. The van der Waals surface area contributed by atoms with Gasteiger partial charge in [0, 0.05) is 77.2 Å². The molecule has 0 unspecified atom stereocenters. The molecule has 0 aliphatic carbocycles. The van der Waals surface area contributed by atoms with E-state index in [9.17, 15) is 0 Å². The molecule has 0 N–H and O–H groups in total. The van der Waals surface area contributed by atoms with Gasteiger partial charge in [-0.05, 0) is 271 Å². The van der Waals surface area contributed by atoms with Gasteiger partial charge in [-0.2, -0.15) is 0 Å². The van der Waals surface area contributed by atoms with Gasteiger partial charge in [0.15, 0.2) is 0 Å². The number of aryl methyl sites for hydroxylation is 8. The molecule has 16 aromatic carbocycles. The SMILES string of the molecule is Brc1c2ccccc2cc2ccccc12.Cc1ccc(N(c2ccc(C)cc2)c2cc(-c3c4ccccc4cc4ccccc34)cc(N(c3ccc(C)cc3)c3ccc(C)cc3)c2)cc1.Cc1ccc(N(c2ccc(C)cc2)c2cc(Br)cc(N(c3ccc(C)cc3)c3ccc(C)cc3)c2)cc1. The first-order chi connectivity index (χ1) is 49.6. The minimum atomic E-state index is 1.02. The molecule has 0 amide bonds. The molecule has 0 saturated carbocycles. The van der Waals surface area contributed by atoms with Gasteiger partial charge in [-0.25, -0.2) is 0 Å². The van der Waals surface area contributed by atoms with Gasteiger partial charge in [0.05, 0.1) is 0 Å². The molecule has 0 atom stereocenters. The molecular weight excluding hydrogens is 1370 g/mol. The van der Waals surface area contributed by atoms with Crippen LogP contribution < -0.4 is 19.6 Å². The van der Waals surface area contributed by atoms with Gasteiger partial charge in [0.1, 0.15) is 0 Å². The summed E-state index contributed by atoms with van der Waals surface area (Å²) in [6.45, 7) is 17.1. The molecular formula is C96H80Br2N4. The summed E-state index contributed by atoms with van der Waals surface area (Å²) in [6.07, 6.45) is 0. The van der Waals surface area contributed by atoms with Crippen LogP contribution in [0.25, 0.3) is 54.2 Å². The predicted octanol–water partition coefficient (Wildman–Crippen LogP) is 29.2. The summed E-state index contributed by atoms with van der Waals surface area (Å²) in [5.41, 5.74) is 25.6. The van der Waals surface area contributed by atoms with Crippen molar-refractivity contribution in [2.45, 2.75) is 55.4 Å². The number of hydrogen-bond donors (Lipinski definition) is 0. The molecule has 0 spiro atoms. The lowest BCUT2D eigenvalue weighted by Crippen LogP contribution is -2.14. The monoisotopic (exact) mass is 1450 g/mol. The van der Waals surface area contributed by atoms with Crippen molar-refractivity contribution in [1.82, 2.24) is 0 Å². The molecule has 16 aromatic rings. The van der Waals surface area contributed by atoms with Crippen LogP contribution >= 0.6 is 31.9 Å². The van der Waals surface area contributed by atoms with Crippen LogP contribution in [0, 0.1) is 55.4 Å². The van der Waals surface area contributed by atoms with Crippen LogP contribution in [0.4, 0.5) is 68.2 Å². The van der Waals surface area contributed by atoms with E-state index in [1.165, 1.54) is 103 Å². The van der Waals surface area contributed by atoms with Gasteiger partial charge in [-0.1, -0.05) is 255 Å². The number of rotatable bonds is 13. The first-order valence-corrected chi connectivity index (χ1v) is 36.4. The van der Waals surface area contributed by atoms with Gasteiger partial charge in [0.2, 0.25) is 0 Å². The topological polar surface area (TPSA) is 13.0 Å². The number of halogens is 2. The summed E-state index contributed by atoms with van der Waals surface area (Å²) in [7, 11) is 0. The molecule has 16 rings (SSSR count). The number of benzene rings is 16. The average molecular weight is 1450 g/mol. The number of anilines is 12. The summed E-state index contributed by atoms with van der Waals surface area (Å²) in [5, 5.41) is 10.1. The predicted molar refractivity (Wildman–Crippen MR) is 447 cm³/mol. The third-order valence-corrected chi connectivity index (χ3v) is 20.2. The Morgan fingerprint density at radius 3 is 0.618 bits per heavy atom. The van der Waals surface area contributed by atoms with E-state index in [2.05, 4.69) is 447 Å². The summed E-state index contributed by atoms with van der Waals surface area (Å²) < 4.78 is 2.21. The Morgan fingerprint density at radius 1 is 0.186 bits per heavy atom. The third-order valence-electron chi connectivity index (χ3n) is 18.9. The second-order valence-corrected chi connectivity index (χ2v) is 28.5. The fraction of sp³-hybridized carbons (Fsp3) is 0.0833. The molecule has 4 nitrogen and oxygen atoms in total. The Bertz CT molecular complexity index is 5080. The van der Waals surface area contributed by atoms with Crippen LogP contribution in [0.2, 0.25) is 0 Å². The molecule has 0 fully saturated rings. The quantitative estimate of drug-likeness (QED) is 0.107.